The van der Waals surface area contributed by atoms with Gasteiger partial charge in [0.2, 0.25) is 5.91 Å². The molecule has 104 valence electrons. The van der Waals surface area contributed by atoms with Crippen molar-refractivity contribution in [2.75, 3.05) is 6.61 Å². The Labute approximate surface area is 113 Å². The van der Waals surface area contributed by atoms with Gasteiger partial charge in [0.1, 0.15) is 6.10 Å². The second-order valence-electron chi connectivity index (χ2n) is 5.22. The number of aliphatic hydroxyl groups excluding tert-OH is 1. The Hall–Kier alpha value is -1.39. The van der Waals surface area contributed by atoms with E-state index in [9.17, 15) is 9.90 Å². The molecule has 0 spiro atoms. The van der Waals surface area contributed by atoms with Gasteiger partial charge in [-0.3, -0.25) is 4.79 Å². The molecule has 0 aliphatic heterocycles. The van der Waals surface area contributed by atoms with E-state index >= 15 is 0 Å². The molecule has 1 aliphatic carbocycles. The average Bonchev–Trinajstić information content (AvgIpc) is 2.41. The highest BCUT2D eigenvalue weighted by Crippen LogP contribution is 2.31. The molecule has 1 atom stereocenters. The Morgan fingerprint density at radius 1 is 1.42 bits per heavy atom. The van der Waals surface area contributed by atoms with Crippen molar-refractivity contribution >= 4 is 5.91 Å². The zero-order valence-corrected chi connectivity index (χ0v) is 11.3. The van der Waals surface area contributed by atoms with Crippen molar-refractivity contribution in [1.82, 2.24) is 5.32 Å². The molecule has 1 aliphatic rings. The molecule has 19 heavy (non-hydrogen) atoms. The summed E-state index contributed by atoms with van der Waals surface area (Å²) in [5.74, 6) is -0.148. The summed E-state index contributed by atoms with van der Waals surface area (Å²) in [6.07, 6.45) is 2.24. The number of aliphatic hydroxyl groups is 1. The van der Waals surface area contributed by atoms with Crippen LogP contribution in [0.2, 0.25) is 0 Å². The van der Waals surface area contributed by atoms with Crippen LogP contribution in [0.5, 0.6) is 0 Å². The number of carbonyl (C=O) groups excluding carboxylic acids is 1. The number of ether oxygens (including phenoxy) is 1. The molecular weight excluding hydrogens is 242 g/mol. The quantitative estimate of drug-likeness (QED) is 0.820. The summed E-state index contributed by atoms with van der Waals surface area (Å²) >= 11 is 0. The second-order valence-corrected chi connectivity index (χ2v) is 5.22. The Balaban J connectivity index is 1.79. The number of hydrogen-bond acceptors (Lipinski definition) is 3. The number of nitrogens with one attached hydrogen (secondary N) is 1. The summed E-state index contributed by atoms with van der Waals surface area (Å²) in [5.41, 5.74) is 0.643. The molecular formula is C15H21NO3. The highest BCUT2D eigenvalue weighted by molar-refractivity contribution is 5.81. The topological polar surface area (TPSA) is 58.6 Å². The van der Waals surface area contributed by atoms with Crippen molar-refractivity contribution in [1.29, 1.82) is 0 Å². The minimum absolute atomic E-state index is 0.00411. The van der Waals surface area contributed by atoms with Crippen LogP contribution < -0.4 is 5.32 Å². The second kappa shape index (κ2) is 6.17. The lowest BCUT2D eigenvalue weighted by atomic mass is 9.77. The number of carbonyl (C=O) groups is 1. The lowest BCUT2D eigenvalue weighted by Crippen LogP contribution is -2.58. The van der Waals surface area contributed by atoms with Gasteiger partial charge in [-0.05, 0) is 31.7 Å². The molecule has 2 N–H and O–H groups in total. The van der Waals surface area contributed by atoms with E-state index in [2.05, 4.69) is 5.32 Å². The largest absolute Gasteiger partial charge is 0.394 e. The molecule has 1 fully saturated rings. The fraction of sp³-hybridized carbons (Fsp3) is 0.533. The van der Waals surface area contributed by atoms with E-state index in [0.717, 1.165) is 24.8 Å². The first-order valence-corrected chi connectivity index (χ1v) is 6.74. The van der Waals surface area contributed by atoms with Gasteiger partial charge < -0.3 is 15.2 Å². The van der Waals surface area contributed by atoms with E-state index in [4.69, 9.17) is 4.74 Å². The summed E-state index contributed by atoms with van der Waals surface area (Å²) in [6, 6.07) is 9.76. The average molecular weight is 263 g/mol. The Morgan fingerprint density at radius 3 is 2.63 bits per heavy atom. The SMILES string of the molecule is CC(OCc1ccccc1)C(=O)NC1(CO)CCC1. The Morgan fingerprint density at radius 2 is 2.11 bits per heavy atom. The number of amides is 1. The van der Waals surface area contributed by atoms with Gasteiger partial charge in [0, 0.05) is 0 Å². The van der Waals surface area contributed by atoms with Crippen molar-refractivity contribution in [3.63, 3.8) is 0 Å². The van der Waals surface area contributed by atoms with Crippen molar-refractivity contribution in [3.8, 4) is 0 Å². The molecule has 1 aromatic carbocycles. The van der Waals surface area contributed by atoms with Gasteiger partial charge in [0.25, 0.3) is 0 Å². The molecule has 1 unspecified atom stereocenters. The van der Waals surface area contributed by atoms with Crippen LogP contribution in [-0.2, 0) is 16.1 Å². The molecule has 2 rings (SSSR count). The molecule has 4 heteroatoms. The van der Waals surface area contributed by atoms with Crippen LogP contribution in [0.25, 0.3) is 0 Å². The van der Waals surface area contributed by atoms with Gasteiger partial charge in [0.15, 0.2) is 0 Å². The Bertz CT molecular complexity index is 409. The smallest absolute Gasteiger partial charge is 0.249 e. The standard InChI is InChI=1S/C15H21NO3/c1-12(19-10-13-6-3-2-4-7-13)14(18)16-15(11-17)8-5-9-15/h2-4,6-7,12,17H,5,8-11H2,1H3,(H,16,18). The predicted octanol–water partition coefficient (Wildman–Crippen LogP) is 1.62. The molecule has 1 aromatic rings. The molecule has 4 nitrogen and oxygen atoms in total. The first-order valence-electron chi connectivity index (χ1n) is 6.74. The lowest BCUT2D eigenvalue weighted by molar-refractivity contribution is -0.136. The van der Waals surface area contributed by atoms with Crippen molar-refractivity contribution < 1.29 is 14.6 Å². The third-order valence-electron chi connectivity index (χ3n) is 3.71. The maximum atomic E-state index is 12.0. The third-order valence-corrected chi connectivity index (χ3v) is 3.71. The first kappa shape index (κ1) is 14.0. The summed E-state index contributed by atoms with van der Waals surface area (Å²) in [7, 11) is 0. The fourth-order valence-electron chi connectivity index (χ4n) is 2.16. The monoisotopic (exact) mass is 263 g/mol. The van der Waals surface area contributed by atoms with Crippen LogP contribution in [0, 0.1) is 0 Å². The Kier molecular flexibility index (Phi) is 4.56. The predicted molar refractivity (Wildman–Crippen MR) is 72.5 cm³/mol. The van der Waals surface area contributed by atoms with Gasteiger partial charge in [-0.15, -0.1) is 0 Å². The zero-order chi connectivity index (χ0) is 13.7. The zero-order valence-electron chi connectivity index (χ0n) is 11.3. The van der Waals surface area contributed by atoms with Crippen LogP contribution in [0.1, 0.15) is 31.7 Å². The lowest BCUT2D eigenvalue weighted by Gasteiger charge is -2.41. The normalized spacial score (nSPS) is 18.4. The fourth-order valence-corrected chi connectivity index (χ4v) is 2.16. The maximum absolute atomic E-state index is 12.0. The van der Waals surface area contributed by atoms with Crippen molar-refractivity contribution in [2.45, 2.75) is 44.4 Å². The third kappa shape index (κ3) is 3.55. The molecule has 0 aromatic heterocycles. The van der Waals surface area contributed by atoms with Crippen molar-refractivity contribution in [2.24, 2.45) is 0 Å². The number of hydrogen-bond donors (Lipinski definition) is 2. The van der Waals surface area contributed by atoms with E-state index in [1.807, 2.05) is 30.3 Å². The van der Waals surface area contributed by atoms with Gasteiger partial charge in [0.05, 0.1) is 18.8 Å². The molecule has 0 bridgehead atoms. The van der Waals surface area contributed by atoms with Gasteiger partial charge >= 0.3 is 0 Å². The molecule has 1 amide bonds. The van der Waals surface area contributed by atoms with Crippen LogP contribution in [-0.4, -0.2) is 29.3 Å². The molecule has 0 radical (unpaired) electrons. The number of benzene rings is 1. The van der Waals surface area contributed by atoms with E-state index in [1.165, 1.54) is 0 Å². The first-order chi connectivity index (χ1) is 9.15. The van der Waals surface area contributed by atoms with Crippen LogP contribution in [0.3, 0.4) is 0 Å². The van der Waals surface area contributed by atoms with Crippen LogP contribution >= 0.6 is 0 Å². The van der Waals surface area contributed by atoms with Crippen LogP contribution in [0.15, 0.2) is 30.3 Å². The van der Waals surface area contributed by atoms with E-state index in [-0.39, 0.29) is 12.5 Å². The highest BCUT2D eigenvalue weighted by atomic mass is 16.5. The minimum atomic E-state index is -0.510. The van der Waals surface area contributed by atoms with Gasteiger partial charge in [-0.25, -0.2) is 0 Å². The van der Waals surface area contributed by atoms with Crippen LogP contribution in [0.4, 0.5) is 0 Å². The molecule has 1 saturated carbocycles. The number of rotatable bonds is 6. The molecule has 0 saturated heterocycles. The van der Waals surface area contributed by atoms with E-state index < -0.39 is 11.6 Å². The maximum Gasteiger partial charge on any atom is 0.249 e. The van der Waals surface area contributed by atoms with E-state index in [0.29, 0.717) is 6.61 Å². The van der Waals surface area contributed by atoms with Crippen molar-refractivity contribution in [3.05, 3.63) is 35.9 Å². The summed E-state index contributed by atoms with van der Waals surface area (Å²) in [6.45, 7) is 2.16. The summed E-state index contributed by atoms with van der Waals surface area (Å²) < 4.78 is 5.56. The molecule has 0 heterocycles. The summed E-state index contributed by atoms with van der Waals surface area (Å²) in [5, 5.41) is 12.2. The highest BCUT2D eigenvalue weighted by Gasteiger charge is 2.38. The van der Waals surface area contributed by atoms with E-state index in [1.54, 1.807) is 6.92 Å². The van der Waals surface area contributed by atoms with Gasteiger partial charge in [-0.2, -0.15) is 0 Å². The minimum Gasteiger partial charge on any atom is -0.394 e. The van der Waals surface area contributed by atoms with Gasteiger partial charge in [-0.1, -0.05) is 30.3 Å². The summed E-state index contributed by atoms with van der Waals surface area (Å²) in [4.78, 5) is 12.0.